The fraction of sp³-hybridized carbons (Fsp3) is 0.125. The number of aliphatic imine (C=N–C) groups is 1. The molecular weight excluding hydrogens is 324 g/mol. The number of aromatic nitrogens is 3. The first-order valence-corrected chi connectivity index (χ1v) is 8.25. The summed E-state index contributed by atoms with van der Waals surface area (Å²) in [5.74, 6) is 0.779. The topological polar surface area (TPSA) is 88.1 Å². The maximum atomic E-state index is 8.69. The summed E-state index contributed by atoms with van der Waals surface area (Å²) in [5, 5.41) is 20.7. The van der Waals surface area contributed by atoms with Gasteiger partial charge in [0.15, 0.2) is 11.4 Å². The first kappa shape index (κ1) is 15.8. The highest BCUT2D eigenvalue weighted by atomic mass is 32.2. The van der Waals surface area contributed by atoms with E-state index in [1.807, 2.05) is 54.9 Å². The molecule has 0 unspecified atom stereocenters. The van der Waals surface area contributed by atoms with Gasteiger partial charge in [0.05, 0.1) is 18.5 Å². The van der Waals surface area contributed by atoms with Crippen LogP contribution in [0.4, 0.5) is 5.69 Å². The smallest absolute Gasteiger partial charge is 0.183 e. The van der Waals surface area contributed by atoms with E-state index >= 15 is 0 Å². The van der Waals surface area contributed by atoms with Crippen molar-refractivity contribution in [1.29, 1.82) is 5.26 Å². The average Bonchev–Trinajstić information content (AvgIpc) is 3.04. The predicted octanol–water partition coefficient (Wildman–Crippen LogP) is 2.85. The van der Waals surface area contributed by atoms with Gasteiger partial charge in [0, 0.05) is 0 Å². The van der Waals surface area contributed by atoms with Crippen molar-refractivity contribution >= 4 is 33.7 Å². The Morgan fingerprint density at radius 2 is 1.96 bits per heavy atom. The highest BCUT2D eigenvalue weighted by molar-refractivity contribution is 8.13. The molecule has 0 fully saturated rings. The van der Waals surface area contributed by atoms with Crippen LogP contribution in [0.1, 0.15) is 0 Å². The van der Waals surface area contributed by atoms with E-state index in [0.717, 1.165) is 22.5 Å². The van der Waals surface area contributed by atoms with Crippen LogP contribution in [0.3, 0.4) is 0 Å². The third kappa shape index (κ3) is 3.31. The van der Waals surface area contributed by atoms with Crippen LogP contribution < -0.4 is 10.1 Å². The summed E-state index contributed by atoms with van der Waals surface area (Å²) in [6.07, 6.45) is 3.72. The number of thioether (sulfide) groups is 1. The lowest BCUT2D eigenvalue weighted by molar-refractivity contribution is 0.414. The molecule has 0 spiro atoms. The Morgan fingerprint density at radius 1 is 1.21 bits per heavy atom. The zero-order valence-electron chi connectivity index (χ0n) is 13.1. The number of hydrogen-bond donors (Lipinski definition) is 1. The molecule has 8 heteroatoms. The van der Waals surface area contributed by atoms with Gasteiger partial charge in [0.1, 0.15) is 16.8 Å². The first-order chi connectivity index (χ1) is 11.7. The van der Waals surface area contributed by atoms with Crippen molar-refractivity contribution in [3.8, 4) is 17.6 Å². The molecule has 0 aliphatic heterocycles. The highest BCUT2D eigenvalue weighted by Gasteiger charge is 2.06. The number of nitrogens with one attached hydrogen (secondary N) is 1. The number of fused-ring (bicyclic) bond motifs is 1. The number of ether oxygens (including phenoxy) is 1. The zero-order chi connectivity index (χ0) is 16.9. The van der Waals surface area contributed by atoms with Crippen LogP contribution in [0.15, 0.2) is 47.5 Å². The van der Waals surface area contributed by atoms with E-state index in [9.17, 15) is 0 Å². The van der Waals surface area contributed by atoms with Crippen LogP contribution in [0.5, 0.6) is 5.75 Å². The van der Waals surface area contributed by atoms with Crippen molar-refractivity contribution in [2.75, 3.05) is 13.4 Å². The summed E-state index contributed by atoms with van der Waals surface area (Å²) in [6.45, 7) is 0. The number of amidine groups is 1. The van der Waals surface area contributed by atoms with E-state index in [-0.39, 0.29) is 0 Å². The maximum absolute atomic E-state index is 8.69. The molecule has 24 heavy (non-hydrogen) atoms. The van der Waals surface area contributed by atoms with E-state index in [4.69, 9.17) is 10.00 Å². The standard InChI is InChI=1S/C16H14N6OS/c1-23-13-6-4-12(5-7-13)22-20-14-8-3-11(9-15(14)21-22)19-16(24-2)18-10-17/h3-9H,1-2H3,(H,18,19). The normalized spacial score (nSPS) is 11.3. The Labute approximate surface area is 142 Å². The Hall–Kier alpha value is -3.05. The van der Waals surface area contributed by atoms with Crippen molar-refractivity contribution in [2.24, 2.45) is 4.99 Å². The minimum Gasteiger partial charge on any atom is -0.497 e. The van der Waals surface area contributed by atoms with Crippen LogP contribution in [0.25, 0.3) is 16.7 Å². The predicted molar refractivity (Wildman–Crippen MR) is 94.8 cm³/mol. The van der Waals surface area contributed by atoms with E-state index in [1.54, 1.807) is 11.9 Å². The molecule has 1 heterocycles. The number of nitriles is 1. The van der Waals surface area contributed by atoms with Crippen molar-refractivity contribution in [3.63, 3.8) is 0 Å². The van der Waals surface area contributed by atoms with Crippen LogP contribution in [-0.4, -0.2) is 33.5 Å². The van der Waals surface area contributed by atoms with Gasteiger partial charge in [0.25, 0.3) is 0 Å². The molecule has 1 aromatic heterocycles. The molecular formula is C16H14N6OS. The van der Waals surface area contributed by atoms with Gasteiger partial charge in [-0.05, 0) is 48.7 Å². The Morgan fingerprint density at radius 3 is 2.62 bits per heavy atom. The molecule has 0 bridgehead atoms. The van der Waals surface area contributed by atoms with Crippen LogP contribution in [0, 0.1) is 11.5 Å². The molecule has 0 aliphatic carbocycles. The molecule has 0 saturated carbocycles. The third-order valence-corrected chi connectivity index (χ3v) is 3.83. The Bertz CT molecular complexity index is 926. The number of benzene rings is 2. The molecule has 0 atom stereocenters. The van der Waals surface area contributed by atoms with Crippen molar-refractivity contribution in [2.45, 2.75) is 0 Å². The Kier molecular flexibility index (Phi) is 4.63. The monoisotopic (exact) mass is 338 g/mol. The molecule has 120 valence electrons. The van der Waals surface area contributed by atoms with Gasteiger partial charge in [-0.25, -0.2) is 4.99 Å². The summed E-state index contributed by atoms with van der Waals surface area (Å²) in [7, 11) is 1.63. The zero-order valence-corrected chi connectivity index (χ0v) is 13.9. The van der Waals surface area contributed by atoms with Gasteiger partial charge < -0.3 is 4.74 Å². The first-order valence-electron chi connectivity index (χ1n) is 7.03. The summed E-state index contributed by atoms with van der Waals surface area (Å²) < 4.78 is 5.15. The lowest BCUT2D eigenvalue weighted by Gasteiger charge is -2.01. The molecule has 3 rings (SSSR count). The van der Waals surface area contributed by atoms with Crippen LogP contribution >= 0.6 is 11.8 Å². The van der Waals surface area contributed by atoms with Gasteiger partial charge in [0.2, 0.25) is 0 Å². The summed E-state index contributed by atoms with van der Waals surface area (Å²) in [5.41, 5.74) is 3.04. The van der Waals surface area contributed by atoms with Gasteiger partial charge >= 0.3 is 0 Å². The maximum Gasteiger partial charge on any atom is 0.183 e. The van der Waals surface area contributed by atoms with E-state index in [2.05, 4.69) is 20.5 Å². The van der Waals surface area contributed by atoms with E-state index < -0.39 is 0 Å². The molecule has 3 aromatic rings. The summed E-state index contributed by atoms with van der Waals surface area (Å²) in [6, 6.07) is 13.0. The van der Waals surface area contributed by atoms with Crippen LogP contribution in [0.2, 0.25) is 0 Å². The fourth-order valence-corrected chi connectivity index (χ4v) is 2.44. The molecule has 0 saturated heterocycles. The molecule has 1 N–H and O–H groups in total. The largest absolute Gasteiger partial charge is 0.497 e. The highest BCUT2D eigenvalue weighted by Crippen LogP contribution is 2.21. The van der Waals surface area contributed by atoms with Gasteiger partial charge in [-0.15, -0.1) is 10.2 Å². The number of rotatable bonds is 3. The number of hydrogen-bond acceptors (Lipinski definition) is 6. The summed E-state index contributed by atoms with van der Waals surface area (Å²) >= 11 is 1.36. The molecule has 0 amide bonds. The quantitative estimate of drug-likeness (QED) is 0.342. The molecule has 0 radical (unpaired) electrons. The summed E-state index contributed by atoms with van der Waals surface area (Å²) in [4.78, 5) is 5.94. The Balaban J connectivity index is 1.95. The van der Waals surface area contributed by atoms with Crippen molar-refractivity contribution in [3.05, 3.63) is 42.5 Å². The molecule has 2 aromatic carbocycles. The fourth-order valence-electron chi connectivity index (χ4n) is 2.09. The molecule has 0 aliphatic rings. The lowest BCUT2D eigenvalue weighted by atomic mass is 10.3. The minimum absolute atomic E-state index is 0.527. The van der Waals surface area contributed by atoms with E-state index in [1.165, 1.54) is 11.8 Å². The SMILES string of the molecule is COc1ccc(-n2nc3ccc(N=C(NC#N)SC)cc3n2)cc1. The van der Waals surface area contributed by atoms with Gasteiger partial charge in [-0.3, -0.25) is 5.32 Å². The van der Waals surface area contributed by atoms with Crippen LogP contribution in [-0.2, 0) is 0 Å². The lowest BCUT2D eigenvalue weighted by Crippen LogP contribution is -2.12. The van der Waals surface area contributed by atoms with Gasteiger partial charge in [-0.1, -0.05) is 11.8 Å². The minimum atomic E-state index is 0.527. The second kappa shape index (κ2) is 7.02. The second-order valence-electron chi connectivity index (χ2n) is 4.72. The van der Waals surface area contributed by atoms with E-state index in [0.29, 0.717) is 10.9 Å². The second-order valence-corrected chi connectivity index (χ2v) is 5.51. The van der Waals surface area contributed by atoms with Crippen molar-refractivity contribution < 1.29 is 4.74 Å². The number of methoxy groups -OCH3 is 1. The number of nitrogens with zero attached hydrogens (tertiary/aromatic N) is 5. The average molecular weight is 338 g/mol. The molecule has 7 nitrogen and oxygen atoms in total. The van der Waals surface area contributed by atoms with Gasteiger partial charge in [-0.2, -0.15) is 10.1 Å². The third-order valence-electron chi connectivity index (χ3n) is 3.25. The van der Waals surface area contributed by atoms with Crippen molar-refractivity contribution in [1.82, 2.24) is 20.3 Å².